The Labute approximate surface area is 132 Å². The molecule has 0 aliphatic heterocycles. The van der Waals surface area contributed by atoms with Crippen LogP contribution in [-0.4, -0.2) is 22.1 Å². The number of fused-ring (bicyclic) bond motifs is 1. The van der Waals surface area contributed by atoms with Gasteiger partial charge in [0.15, 0.2) is 0 Å². The third-order valence-corrected chi connectivity index (χ3v) is 3.55. The van der Waals surface area contributed by atoms with E-state index in [0.29, 0.717) is 22.2 Å². The van der Waals surface area contributed by atoms with Gasteiger partial charge in [-0.05, 0) is 19.1 Å². The lowest BCUT2D eigenvalue weighted by atomic mass is 10.2. The van der Waals surface area contributed by atoms with Crippen LogP contribution in [-0.2, 0) is 4.74 Å². The van der Waals surface area contributed by atoms with Gasteiger partial charge in [-0.3, -0.25) is 10.1 Å². The van der Waals surface area contributed by atoms with Crippen LogP contribution in [0.15, 0.2) is 54.7 Å². The van der Waals surface area contributed by atoms with Crippen LogP contribution in [0.2, 0.25) is 0 Å². The molecule has 0 N–H and O–H groups in total. The van der Waals surface area contributed by atoms with Gasteiger partial charge in [-0.15, -0.1) is 0 Å². The fourth-order valence-electron chi connectivity index (χ4n) is 2.57. The molecule has 0 saturated heterocycles. The number of carbonyl (C=O) groups excluding carboxylic acids is 1. The molecule has 0 fully saturated rings. The average Bonchev–Trinajstić information content (AvgIpc) is 2.94. The highest BCUT2D eigenvalue weighted by molar-refractivity contribution is 6.05. The van der Waals surface area contributed by atoms with E-state index in [1.165, 1.54) is 6.07 Å². The highest BCUT2D eigenvalue weighted by atomic mass is 16.6. The van der Waals surface area contributed by atoms with Gasteiger partial charge >= 0.3 is 5.97 Å². The SMILES string of the molecule is CCOC(=O)c1cn(-c2ccccc2[N+](=O)[O-])c2ccccc12. The number of carbonyl (C=O) groups is 1. The number of hydrogen-bond acceptors (Lipinski definition) is 4. The second kappa shape index (κ2) is 5.92. The molecule has 0 bridgehead atoms. The van der Waals surface area contributed by atoms with Gasteiger partial charge in [0.05, 0.1) is 22.6 Å². The van der Waals surface area contributed by atoms with Crippen molar-refractivity contribution in [1.82, 2.24) is 4.57 Å². The largest absolute Gasteiger partial charge is 0.462 e. The van der Waals surface area contributed by atoms with Gasteiger partial charge in [-0.1, -0.05) is 30.3 Å². The molecule has 0 radical (unpaired) electrons. The molecular weight excluding hydrogens is 296 g/mol. The van der Waals surface area contributed by atoms with Gasteiger partial charge in [0.25, 0.3) is 5.69 Å². The molecule has 0 aliphatic carbocycles. The minimum atomic E-state index is -0.443. The number of para-hydroxylation sites is 3. The monoisotopic (exact) mass is 310 g/mol. The first-order valence-corrected chi connectivity index (χ1v) is 7.14. The predicted octanol–water partition coefficient (Wildman–Crippen LogP) is 3.72. The quantitative estimate of drug-likeness (QED) is 0.418. The molecule has 0 unspecified atom stereocenters. The summed E-state index contributed by atoms with van der Waals surface area (Å²) < 4.78 is 6.73. The maximum absolute atomic E-state index is 12.2. The molecule has 6 nitrogen and oxygen atoms in total. The number of esters is 1. The highest BCUT2D eigenvalue weighted by Gasteiger charge is 2.20. The molecule has 3 aromatic rings. The fraction of sp³-hybridized carbons (Fsp3) is 0.118. The Morgan fingerprint density at radius 2 is 1.87 bits per heavy atom. The van der Waals surface area contributed by atoms with Crippen LogP contribution in [0.4, 0.5) is 5.69 Å². The third kappa shape index (κ3) is 2.55. The Kier molecular flexibility index (Phi) is 3.80. The number of nitro groups is 1. The topological polar surface area (TPSA) is 74.4 Å². The van der Waals surface area contributed by atoms with Crippen molar-refractivity contribution >= 4 is 22.6 Å². The zero-order valence-electron chi connectivity index (χ0n) is 12.4. The zero-order valence-corrected chi connectivity index (χ0v) is 12.4. The van der Waals surface area contributed by atoms with Gasteiger partial charge in [-0.25, -0.2) is 4.79 Å². The van der Waals surface area contributed by atoms with Crippen molar-refractivity contribution in [2.45, 2.75) is 6.92 Å². The van der Waals surface area contributed by atoms with Gasteiger partial charge in [0.2, 0.25) is 0 Å². The zero-order chi connectivity index (χ0) is 16.4. The number of ether oxygens (including phenoxy) is 1. The summed E-state index contributed by atoms with van der Waals surface area (Å²) in [6.07, 6.45) is 1.59. The molecule has 3 rings (SSSR count). The van der Waals surface area contributed by atoms with E-state index >= 15 is 0 Å². The van der Waals surface area contributed by atoms with Crippen molar-refractivity contribution in [2.24, 2.45) is 0 Å². The van der Waals surface area contributed by atoms with Crippen molar-refractivity contribution in [2.75, 3.05) is 6.61 Å². The lowest BCUT2D eigenvalue weighted by Crippen LogP contribution is -2.04. The normalized spacial score (nSPS) is 10.7. The Hall–Kier alpha value is -3.15. The maximum Gasteiger partial charge on any atom is 0.340 e. The molecule has 23 heavy (non-hydrogen) atoms. The van der Waals surface area contributed by atoms with Crippen LogP contribution in [0.3, 0.4) is 0 Å². The first-order chi connectivity index (χ1) is 11.1. The number of aromatic nitrogens is 1. The smallest absolute Gasteiger partial charge is 0.340 e. The highest BCUT2D eigenvalue weighted by Crippen LogP contribution is 2.30. The molecule has 0 saturated carbocycles. The maximum atomic E-state index is 12.2. The number of nitrogens with zero attached hydrogens (tertiary/aromatic N) is 2. The van der Waals surface area contributed by atoms with E-state index < -0.39 is 10.9 Å². The molecule has 1 aromatic heterocycles. The molecule has 0 atom stereocenters. The Morgan fingerprint density at radius 1 is 1.17 bits per heavy atom. The summed E-state index contributed by atoms with van der Waals surface area (Å²) in [5, 5.41) is 12.0. The summed E-state index contributed by atoms with van der Waals surface area (Å²) in [4.78, 5) is 23.0. The molecule has 6 heteroatoms. The van der Waals surface area contributed by atoms with E-state index in [4.69, 9.17) is 4.74 Å². The first kappa shape index (κ1) is 14.8. The molecule has 1 heterocycles. The van der Waals surface area contributed by atoms with Crippen LogP contribution in [0.5, 0.6) is 0 Å². The summed E-state index contributed by atoms with van der Waals surface area (Å²) in [6, 6.07) is 13.7. The molecular formula is C17H14N2O4. The van der Waals surface area contributed by atoms with Crippen LogP contribution in [0, 0.1) is 10.1 Å². The number of nitro benzene ring substituents is 1. The van der Waals surface area contributed by atoms with Crippen molar-refractivity contribution in [3.63, 3.8) is 0 Å². The number of hydrogen-bond donors (Lipinski definition) is 0. The van der Waals surface area contributed by atoms with Crippen molar-refractivity contribution in [1.29, 1.82) is 0 Å². The van der Waals surface area contributed by atoms with Crippen molar-refractivity contribution < 1.29 is 14.5 Å². The molecule has 0 spiro atoms. The minimum Gasteiger partial charge on any atom is -0.462 e. The van der Waals surface area contributed by atoms with Crippen LogP contribution in [0.25, 0.3) is 16.6 Å². The number of rotatable bonds is 4. The van der Waals surface area contributed by atoms with E-state index in [-0.39, 0.29) is 12.3 Å². The van der Waals surface area contributed by atoms with E-state index in [1.807, 2.05) is 18.2 Å². The first-order valence-electron chi connectivity index (χ1n) is 7.14. The van der Waals surface area contributed by atoms with E-state index in [9.17, 15) is 14.9 Å². The summed E-state index contributed by atoms with van der Waals surface area (Å²) in [7, 11) is 0. The average molecular weight is 310 g/mol. The van der Waals surface area contributed by atoms with Crippen molar-refractivity contribution in [3.8, 4) is 5.69 Å². The third-order valence-electron chi connectivity index (χ3n) is 3.55. The summed E-state index contributed by atoms with van der Waals surface area (Å²) in [5.41, 5.74) is 1.48. The van der Waals surface area contributed by atoms with Gasteiger partial charge < -0.3 is 9.30 Å². The standard InChI is InChI=1S/C17H14N2O4/c1-2-23-17(20)13-11-18(14-8-4-3-7-12(13)14)15-9-5-6-10-16(15)19(21)22/h3-11H,2H2,1H3. The molecule has 2 aromatic carbocycles. The van der Waals surface area contributed by atoms with Crippen molar-refractivity contribution in [3.05, 3.63) is 70.4 Å². The van der Waals surface area contributed by atoms with Gasteiger partial charge in [0, 0.05) is 17.6 Å². The second-order valence-electron chi connectivity index (χ2n) is 4.90. The minimum absolute atomic E-state index is 0.0244. The molecule has 0 amide bonds. The summed E-state index contributed by atoms with van der Waals surface area (Å²) in [6.45, 7) is 2.00. The van der Waals surface area contributed by atoms with Gasteiger partial charge in [-0.2, -0.15) is 0 Å². The van der Waals surface area contributed by atoms with Crippen LogP contribution >= 0.6 is 0 Å². The lowest BCUT2D eigenvalue weighted by molar-refractivity contribution is -0.384. The van der Waals surface area contributed by atoms with Crippen LogP contribution < -0.4 is 0 Å². The Morgan fingerprint density at radius 3 is 2.61 bits per heavy atom. The Balaban J connectivity index is 2.27. The predicted molar refractivity (Wildman–Crippen MR) is 85.9 cm³/mol. The Bertz CT molecular complexity index is 898. The molecule has 0 aliphatic rings. The fourth-order valence-corrected chi connectivity index (χ4v) is 2.57. The second-order valence-corrected chi connectivity index (χ2v) is 4.90. The van der Waals surface area contributed by atoms with Crippen LogP contribution in [0.1, 0.15) is 17.3 Å². The number of benzene rings is 2. The van der Waals surface area contributed by atoms with E-state index in [2.05, 4.69) is 0 Å². The summed E-state index contributed by atoms with van der Waals surface area (Å²) in [5.74, 6) is -0.443. The van der Waals surface area contributed by atoms with E-state index in [0.717, 1.165) is 0 Å². The molecule has 116 valence electrons. The lowest BCUT2D eigenvalue weighted by Gasteiger charge is -2.05. The summed E-state index contributed by atoms with van der Waals surface area (Å²) >= 11 is 0. The van der Waals surface area contributed by atoms with Gasteiger partial charge in [0.1, 0.15) is 5.69 Å². The van der Waals surface area contributed by atoms with E-state index in [1.54, 1.807) is 42.0 Å².